The van der Waals surface area contributed by atoms with Crippen molar-refractivity contribution in [3.05, 3.63) is 16.3 Å². The van der Waals surface area contributed by atoms with E-state index < -0.39 is 22.1 Å². The Kier molecular flexibility index (Phi) is 4.49. The van der Waals surface area contributed by atoms with Crippen LogP contribution in [0.3, 0.4) is 0 Å². The van der Waals surface area contributed by atoms with Crippen molar-refractivity contribution >= 4 is 33.4 Å². The molecule has 1 atom stereocenters. The van der Waals surface area contributed by atoms with Crippen LogP contribution >= 0.6 is 11.3 Å². The highest BCUT2D eigenvalue weighted by Gasteiger charge is 2.34. The molecule has 0 spiro atoms. The van der Waals surface area contributed by atoms with Crippen molar-refractivity contribution in [2.75, 3.05) is 20.2 Å². The first-order valence-corrected chi connectivity index (χ1v) is 8.33. The Morgan fingerprint density at radius 2 is 2.24 bits per heavy atom. The van der Waals surface area contributed by atoms with Gasteiger partial charge in [-0.1, -0.05) is 0 Å². The van der Waals surface area contributed by atoms with Gasteiger partial charge in [0.25, 0.3) is 0 Å². The third-order valence-electron chi connectivity index (χ3n) is 3.08. The third-order valence-corrected chi connectivity index (χ3v) is 5.99. The van der Waals surface area contributed by atoms with Crippen molar-refractivity contribution in [2.24, 2.45) is 0 Å². The average molecular weight is 334 g/mol. The minimum absolute atomic E-state index is 0.0305. The molecule has 1 amide bonds. The van der Waals surface area contributed by atoms with Crippen LogP contribution in [0.15, 0.2) is 16.3 Å². The SMILES string of the molecule is COC(=O)NC1CCN(S(=O)(=O)c2csc(C(=O)O)c2)C1. The molecule has 0 aromatic carbocycles. The molecule has 1 fully saturated rings. The summed E-state index contributed by atoms with van der Waals surface area (Å²) >= 11 is 0.863. The lowest BCUT2D eigenvalue weighted by Crippen LogP contribution is -2.38. The van der Waals surface area contributed by atoms with Gasteiger partial charge in [0.15, 0.2) is 0 Å². The second kappa shape index (κ2) is 6.00. The maximum absolute atomic E-state index is 12.4. The van der Waals surface area contributed by atoms with Crippen LogP contribution in [0.2, 0.25) is 0 Å². The minimum atomic E-state index is -3.74. The molecular weight excluding hydrogens is 320 g/mol. The first-order chi connectivity index (χ1) is 9.84. The molecule has 8 nitrogen and oxygen atoms in total. The molecule has 0 radical (unpaired) electrons. The molecule has 0 bridgehead atoms. The number of amides is 1. The van der Waals surface area contributed by atoms with Gasteiger partial charge in [-0.15, -0.1) is 11.3 Å². The Morgan fingerprint density at radius 1 is 1.52 bits per heavy atom. The summed E-state index contributed by atoms with van der Waals surface area (Å²) < 4.78 is 30.4. The van der Waals surface area contributed by atoms with Gasteiger partial charge in [0.05, 0.1) is 12.0 Å². The zero-order valence-corrected chi connectivity index (χ0v) is 12.7. The largest absolute Gasteiger partial charge is 0.477 e. The van der Waals surface area contributed by atoms with Gasteiger partial charge in [-0.05, 0) is 12.5 Å². The first-order valence-electron chi connectivity index (χ1n) is 6.01. The van der Waals surface area contributed by atoms with Crippen molar-refractivity contribution in [1.29, 1.82) is 0 Å². The van der Waals surface area contributed by atoms with Crippen LogP contribution < -0.4 is 5.32 Å². The molecule has 116 valence electrons. The lowest BCUT2D eigenvalue weighted by atomic mass is 10.3. The van der Waals surface area contributed by atoms with Gasteiger partial charge >= 0.3 is 12.1 Å². The maximum atomic E-state index is 12.4. The van der Waals surface area contributed by atoms with E-state index in [-0.39, 0.29) is 28.9 Å². The fraction of sp³-hybridized carbons (Fsp3) is 0.455. The van der Waals surface area contributed by atoms with E-state index in [9.17, 15) is 18.0 Å². The number of aromatic carboxylic acids is 1. The van der Waals surface area contributed by atoms with Crippen LogP contribution in [0.25, 0.3) is 0 Å². The monoisotopic (exact) mass is 334 g/mol. The smallest absolute Gasteiger partial charge is 0.407 e. The van der Waals surface area contributed by atoms with Gasteiger partial charge in [0.2, 0.25) is 10.0 Å². The summed E-state index contributed by atoms with van der Waals surface area (Å²) in [5, 5.41) is 12.7. The summed E-state index contributed by atoms with van der Waals surface area (Å²) in [7, 11) is -2.50. The highest BCUT2D eigenvalue weighted by molar-refractivity contribution is 7.89. The number of sulfonamides is 1. The number of nitrogens with one attached hydrogen (secondary N) is 1. The van der Waals surface area contributed by atoms with E-state index in [1.54, 1.807) is 0 Å². The molecule has 1 unspecified atom stereocenters. The minimum Gasteiger partial charge on any atom is -0.477 e. The number of ether oxygens (including phenoxy) is 1. The lowest BCUT2D eigenvalue weighted by molar-refractivity contribution is 0.0702. The van der Waals surface area contributed by atoms with E-state index in [1.807, 2.05) is 0 Å². The van der Waals surface area contributed by atoms with Crippen LogP contribution in [-0.4, -0.2) is 56.1 Å². The molecular formula is C11H14N2O6S2. The molecule has 21 heavy (non-hydrogen) atoms. The Bertz CT molecular complexity index is 653. The summed E-state index contributed by atoms with van der Waals surface area (Å²) in [6.07, 6.45) is -0.132. The molecule has 0 aliphatic carbocycles. The highest BCUT2D eigenvalue weighted by Crippen LogP contribution is 2.25. The zero-order chi connectivity index (χ0) is 15.6. The van der Waals surface area contributed by atoms with Gasteiger partial charge in [0, 0.05) is 24.5 Å². The van der Waals surface area contributed by atoms with E-state index in [0.717, 1.165) is 17.4 Å². The number of carboxylic acid groups (broad SMARTS) is 1. The number of hydrogen-bond donors (Lipinski definition) is 2. The van der Waals surface area contributed by atoms with Crippen molar-refractivity contribution < 1.29 is 27.9 Å². The predicted octanol–water partition coefficient (Wildman–Crippen LogP) is 0.565. The average Bonchev–Trinajstić information content (AvgIpc) is 3.07. The predicted molar refractivity (Wildman–Crippen MR) is 74.0 cm³/mol. The van der Waals surface area contributed by atoms with Gasteiger partial charge < -0.3 is 15.2 Å². The Morgan fingerprint density at radius 3 is 2.81 bits per heavy atom. The van der Waals surface area contributed by atoms with Crippen LogP contribution in [0.1, 0.15) is 16.1 Å². The molecule has 1 saturated heterocycles. The third kappa shape index (κ3) is 3.34. The number of thiophene rings is 1. The van der Waals surface area contributed by atoms with Gasteiger partial charge in [-0.3, -0.25) is 0 Å². The van der Waals surface area contributed by atoms with Crippen molar-refractivity contribution in [2.45, 2.75) is 17.4 Å². The standard InChI is InChI=1S/C11H14N2O6S2/c1-19-11(16)12-7-2-3-13(5-7)21(17,18)8-4-9(10(14)15)20-6-8/h4,6-7H,2-3,5H2,1H3,(H,12,16)(H,14,15). The normalized spacial score (nSPS) is 19.4. The molecule has 2 N–H and O–H groups in total. The molecule has 1 aromatic heterocycles. The van der Waals surface area contributed by atoms with Crippen LogP contribution in [-0.2, 0) is 14.8 Å². The fourth-order valence-corrected chi connectivity index (χ4v) is 4.60. The second-order valence-corrected chi connectivity index (χ2v) is 7.29. The lowest BCUT2D eigenvalue weighted by Gasteiger charge is -2.15. The number of carbonyl (C=O) groups is 2. The molecule has 1 aliphatic rings. The van der Waals surface area contributed by atoms with Crippen LogP contribution in [0.4, 0.5) is 4.79 Å². The molecule has 1 aliphatic heterocycles. The molecule has 10 heteroatoms. The fourth-order valence-electron chi connectivity index (χ4n) is 2.01. The topological polar surface area (TPSA) is 113 Å². The summed E-state index contributed by atoms with van der Waals surface area (Å²) in [5.41, 5.74) is 0. The highest BCUT2D eigenvalue weighted by atomic mass is 32.2. The first kappa shape index (κ1) is 15.7. The number of rotatable bonds is 4. The summed E-state index contributed by atoms with van der Waals surface area (Å²) in [5.74, 6) is -1.16. The molecule has 0 saturated carbocycles. The number of carbonyl (C=O) groups excluding carboxylic acids is 1. The van der Waals surface area contributed by atoms with Gasteiger partial charge in [-0.2, -0.15) is 4.31 Å². The van der Waals surface area contributed by atoms with Crippen molar-refractivity contribution in [3.63, 3.8) is 0 Å². The summed E-state index contributed by atoms with van der Waals surface area (Å²) in [4.78, 5) is 21.8. The molecule has 2 heterocycles. The Balaban J connectivity index is 2.10. The summed E-state index contributed by atoms with van der Waals surface area (Å²) in [6, 6.07) is 0.827. The number of carboxylic acids is 1. The molecule has 2 rings (SSSR count). The summed E-state index contributed by atoms with van der Waals surface area (Å²) in [6.45, 7) is 0.394. The van der Waals surface area contributed by atoms with Crippen molar-refractivity contribution in [1.82, 2.24) is 9.62 Å². The molecule has 1 aromatic rings. The van der Waals surface area contributed by atoms with E-state index in [4.69, 9.17) is 5.11 Å². The van der Waals surface area contributed by atoms with Gasteiger partial charge in [-0.25, -0.2) is 18.0 Å². The van der Waals surface area contributed by atoms with Crippen molar-refractivity contribution in [3.8, 4) is 0 Å². The number of nitrogens with zero attached hydrogens (tertiary/aromatic N) is 1. The quantitative estimate of drug-likeness (QED) is 0.832. The van der Waals surface area contributed by atoms with E-state index >= 15 is 0 Å². The van der Waals surface area contributed by atoms with E-state index in [2.05, 4.69) is 10.1 Å². The number of hydrogen-bond acceptors (Lipinski definition) is 6. The Labute approximate surface area is 125 Å². The second-order valence-electron chi connectivity index (χ2n) is 4.44. The maximum Gasteiger partial charge on any atom is 0.407 e. The van der Waals surface area contributed by atoms with Crippen LogP contribution in [0.5, 0.6) is 0 Å². The number of alkyl carbamates (subject to hydrolysis) is 1. The van der Waals surface area contributed by atoms with E-state index in [0.29, 0.717) is 6.42 Å². The van der Waals surface area contributed by atoms with Gasteiger partial charge in [0.1, 0.15) is 4.88 Å². The number of methoxy groups -OCH3 is 1. The van der Waals surface area contributed by atoms with Crippen LogP contribution in [0, 0.1) is 0 Å². The Hall–Kier alpha value is -1.65. The van der Waals surface area contributed by atoms with E-state index in [1.165, 1.54) is 16.8 Å². The zero-order valence-electron chi connectivity index (χ0n) is 11.1.